The number of hydrogen-bond donors (Lipinski definition) is 1. The first-order valence-corrected chi connectivity index (χ1v) is 6.83. The molecule has 0 aromatic carbocycles. The van der Waals surface area contributed by atoms with Crippen molar-refractivity contribution in [3.05, 3.63) is 0 Å². The van der Waals surface area contributed by atoms with E-state index >= 15 is 0 Å². The van der Waals surface area contributed by atoms with Gasteiger partial charge in [-0.3, -0.25) is 0 Å². The van der Waals surface area contributed by atoms with E-state index in [1.54, 1.807) is 4.31 Å². The van der Waals surface area contributed by atoms with Gasteiger partial charge in [0, 0.05) is 19.2 Å². The topological polar surface area (TPSA) is 57.6 Å². The Morgan fingerprint density at radius 3 is 2.50 bits per heavy atom. The molecule has 0 radical (unpaired) electrons. The quantitative estimate of drug-likeness (QED) is 0.684. The second-order valence-electron chi connectivity index (χ2n) is 3.74. The highest BCUT2D eigenvalue weighted by molar-refractivity contribution is 7.89. The van der Waals surface area contributed by atoms with Crippen LogP contribution in [-0.2, 0) is 10.0 Å². The average Bonchev–Trinajstić information content (AvgIpc) is 2.94. The zero-order valence-electron chi connectivity index (χ0n) is 8.65. The molecule has 1 aliphatic carbocycles. The summed E-state index contributed by atoms with van der Waals surface area (Å²) in [5.41, 5.74) is 0. The second kappa shape index (κ2) is 5.09. The number of aliphatic hydroxyl groups is 1. The summed E-state index contributed by atoms with van der Waals surface area (Å²) < 4.78 is 25.2. The Morgan fingerprint density at radius 2 is 2.07 bits per heavy atom. The Hall–Kier alpha value is -0.130. The Bertz CT molecular complexity index is 259. The third kappa shape index (κ3) is 3.22. The minimum Gasteiger partial charge on any atom is -0.396 e. The molecule has 1 rings (SSSR count). The summed E-state index contributed by atoms with van der Waals surface area (Å²) in [6.07, 6.45) is 3.20. The molecular weight excluding hydrogens is 202 g/mol. The molecule has 0 amide bonds. The number of rotatable bonds is 7. The van der Waals surface area contributed by atoms with E-state index < -0.39 is 10.0 Å². The fourth-order valence-corrected chi connectivity index (χ4v) is 3.35. The lowest BCUT2D eigenvalue weighted by Crippen LogP contribution is -2.35. The number of nitrogens with zero attached hydrogens (tertiary/aromatic N) is 1. The summed E-state index contributed by atoms with van der Waals surface area (Å²) in [6.45, 7) is 2.55. The van der Waals surface area contributed by atoms with Crippen LogP contribution in [0.15, 0.2) is 0 Å². The zero-order valence-corrected chi connectivity index (χ0v) is 9.46. The van der Waals surface area contributed by atoms with Gasteiger partial charge < -0.3 is 5.11 Å². The highest BCUT2D eigenvalue weighted by atomic mass is 32.2. The van der Waals surface area contributed by atoms with Crippen molar-refractivity contribution in [2.45, 2.75) is 38.6 Å². The molecule has 5 heteroatoms. The van der Waals surface area contributed by atoms with Crippen LogP contribution in [0.2, 0.25) is 0 Å². The van der Waals surface area contributed by atoms with Crippen molar-refractivity contribution in [2.24, 2.45) is 0 Å². The molecule has 0 heterocycles. The van der Waals surface area contributed by atoms with Gasteiger partial charge in [-0.1, -0.05) is 6.92 Å². The molecule has 1 saturated carbocycles. The lowest BCUT2D eigenvalue weighted by molar-refractivity contribution is 0.293. The Labute approximate surface area is 86.0 Å². The van der Waals surface area contributed by atoms with Gasteiger partial charge in [0.25, 0.3) is 0 Å². The van der Waals surface area contributed by atoms with Gasteiger partial charge in [-0.15, -0.1) is 0 Å². The SMILES string of the molecule is CCCN(C1CC1)S(=O)(=O)CCCO. The zero-order chi connectivity index (χ0) is 10.6. The normalized spacial score (nSPS) is 17.6. The second-order valence-corrected chi connectivity index (χ2v) is 5.78. The van der Waals surface area contributed by atoms with Crippen molar-refractivity contribution in [1.29, 1.82) is 0 Å². The van der Waals surface area contributed by atoms with Gasteiger partial charge in [0.1, 0.15) is 0 Å². The molecule has 1 N–H and O–H groups in total. The molecule has 0 aliphatic heterocycles. The minimum absolute atomic E-state index is 0.0517. The van der Waals surface area contributed by atoms with Gasteiger partial charge >= 0.3 is 0 Å². The average molecular weight is 221 g/mol. The standard InChI is InChI=1S/C9H19NO3S/c1-2-6-10(9-4-5-9)14(12,13)8-3-7-11/h9,11H,2-8H2,1H3. The molecule has 0 unspecified atom stereocenters. The van der Waals surface area contributed by atoms with E-state index in [9.17, 15) is 8.42 Å². The first kappa shape index (κ1) is 11.9. The van der Waals surface area contributed by atoms with Gasteiger partial charge in [-0.05, 0) is 25.7 Å². The number of aliphatic hydroxyl groups excluding tert-OH is 1. The maximum Gasteiger partial charge on any atom is 0.214 e. The summed E-state index contributed by atoms with van der Waals surface area (Å²) in [7, 11) is -3.11. The smallest absolute Gasteiger partial charge is 0.214 e. The predicted molar refractivity (Wildman–Crippen MR) is 55.5 cm³/mol. The fraction of sp³-hybridized carbons (Fsp3) is 1.00. The van der Waals surface area contributed by atoms with E-state index in [0.717, 1.165) is 19.3 Å². The van der Waals surface area contributed by atoms with Gasteiger partial charge in [0.2, 0.25) is 10.0 Å². The molecule has 14 heavy (non-hydrogen) atoms. The number of hydrogen-bond acceptors (Lipinski definition) is 3. The summed E-state index contributed by atoms with van der Waals surface area (Å²) in [5, 5.41) is 8.61. The third-order valence-electron chi connectivity index (χ3n) is 2.32. The molecule has 4 nitrogen and oxygen atoms in total. The van der Waals surface area contributed by atoms with Gasteiger partial charge in [-0.25, -0.2) is 8.42 Å². The van der Waals surface area contributed by atoms with Crippen LogP contribution in [0.5, 0.6) is 0 Å². The van der Waals surface area contributed by atoms with Crippen LogP contribution in [0.1, 0.15) is 32.6 Å². The van der Waals surface area contributed by atoms with Crippen LogP contribution in [0.3, 0.4) is 0 Å². The van der Waals surface area contributed by atoms with E-state index in [1.165, 1.54) is 0 Å². The Balaban J connectivity index is 2.55. The van der Waals surface area contributed by atoms with E-state index in [0.29, 0.717) is 13.0 Å². The highest BCUT2D eigenvalue weighted by Crippen LogP contribution is 2.29. The largest absolute Gasteiger partial charge is 0.396 e. The molecule has 0 aromatic rings. The van der Waals surface area contributed by atoms with Gasteiger partial charge in [0.05, 0.1) is 5.75 Å². The van der Waals surface area contributed by atoms with Crippen molar-refractivity contribution >= 4 is 10.0 Å². The lowest BCUT2D eigenvalue weighted by Gasteiger charge is -2.20. The van der Waals surface area contributed by atoms with Crippen LogP contribution in [-0.4, -0.2) is 42.8 Å². The van der Waals surface area contributed by atoms with Crippen LogP contribution in [0.25, 0.3) is 0 Å². The van der Waals surface area contributed by atoms with Gasteiger partial charge in [-0.2, -0.15) is 4.31 Å². The summed E-state index contributed by atoms with van der Waals surface area (Å²) in [4.78, 5) is 0. The van der Waals surface area contributed by atoms with Crippen LogP contribution < -0.4 is 0 Å². The van der Waals surface area contributed by atoms with Crippen molar-refractivity contribution in [3.63, 3.8) is 0 Å². The van der Waals surface area contributed by atoms with Crippen molar-refractivity contribution in [3.8, 4) is 0 Å². The Kier molecular flexibility index (Phi) is 4.34. The van der Waals surface area contributed by atoms with Crippen LogP contribution in [0.4, 0.5) is 0 Å². The van der Waals surface area contributed by atoms with E-state index in [2.05, 4.69) is 0 Å². The number of sulfonamides is 1. The van der Waals surface area contributed by atoms with E-state index in [4.69, 9.17) is 5.11 Å². The monoisotopic (exact) mass is 221 g/mol. The molecule has 0 spiro atoms. The van der Waals surface area contributed by atoms with Crippen LogP contribution >= 0.6 is 0 Å². The van der Waals surface area contributed by atoms with E-state index in [-0.39, 0.29) is 18.4 Å². The molecule has 1 aliphatic rings. The molecule has 0 aromatic heterocycles. The molecule has 0 saturated heterocycles. The van der Waals surface area contributed by atoms with Crippen molar-refractivity contribution < 1.29 is 13.5 Å². The molecular formula is C9H19NO3S. The maximum absolute atomic E-state index is 11.8. The summed E-state index contributed by atoms with van der Waals surface area (Å²) in [5.74, 6) is 0.0833. The van der Waals surface area contributed by atoms with Crippen LogP contribution in [0, 0.1) is 0 Å². The highest BCUT2D eigenvalue weighted by Gasteiger charge is 2.35. The summed E-state index contributed by atoms with van der Waals surface area (Å²) in [6, 6.07) is 0.249. The fourth-order valence-electron chi connectivity index (χ4n) is 1.50. The molecule has 84 valence electrons. The lowest BCUT2D eigenvalue weighted by atomic mass is 10.5. The predicted octanol–water partition coefficient (Wildman–Crippen LogP) is 0.573. The minimum atomic E-state index is -3.11. The summed E-state index contributed by atoms with van der Waals surface area (Å²) >= 11 is 0. The molecule has 0 bridgehead atoms. The Morgan fingerprint density at radius 1 is 1.43 bits per heavy atom. The first-order valence-electron chi connectivity index (χ1n) is 5.22. The maximum atomic E-state index is 11.8. The van der Waals surface area contributed by atoms with Gasteiger partial charge in [0.15, 0.2) is 0 Å². The van der Waals surface area contributed by atoms with Crippen molar-refractivity contribution in [2.75, 3.05) is 18.9 Å². The molecule has 0 atom stereocenters. The molecule has 1 fully saturated rings. The van der Waals surface area contributed by atoms with E-state index in [1.807, 2.05) is 6.92 Å². The third-order valence-corrected chi connectivity index (χ3v) is 4.32. The van der Waals surface area contributed by atoms with Crippen molar-refractivity contribution in [1.82, 2.24) is 4.31 Å². The first-order chi connectivity index (χ1) is 6.61.